The third-order valence-electron chi connectivity index (χ3n) is 5.16. The molecule has 4 aromatic rings. The monoisotopic (exact) mass is 350 g/mol. The maximum atomic E-state index is 12.6. The van der Waals surface area contributed by atoms with E-state index in [1.807, 2.05) is 61.6 Å². The van der Waals surface area contributed by atoms with Crippen molar-refractivity contribution in [2.24, 2.45) is 0 Å². The first-order valence-electron chi connectivity index (χ1n) is 9.00. The molecule has 3 nitrogen and oxygen atoms in total. The molecule has 5 rings (SSSR count). The number of carbonyl (C=O) groups is 1. The molecule has 0 unspecified atom stereocenters. The molecule has 0 atom stereocenters. The first kappa shape index (κ1) is 15.6. The van der Waals surface area contributed by atoms with E-state index in [1.54, 1.807) is 4.90 Å². The van der Waals surface area contributed by atoms with Crippen molar-refractivity contribution in [3.63, 3.8) is 0 Å². The predicted molar refractivity (Wildman–Crippen MR) is 111 cm³/mol. The van der Waals surface area contributed by atoms with Gasteiger partial charge in [-0.05, 0) is 42.5 Å². The summed E-state index contributed by atoms with van der Waals surface area (Å²) in [6.45, 7) is 0. The second-order valence-electron chi connectivity index (χ2n) is 6.70. The number of hydrogen-bond donors (Lipinski definition) is 0. The normalized spacial score (nSPS) is 12.6. The maximum absolute atomic E-state index is 12.6. The van der Waals surface area contributed by atoms with Crippen molar-refractivity contribution in [2.75, 3.05) is 16.8 Å². The highest BCUT2D eigenvalue weighted by Gasteiger charge is 2.28. The second-order valence-corrected chi connectivity index (χ2v) is 6.70. The lowest BCUT2D eigenvalue weighted by Gasteiger charge is -2.27. The summed E-state index contributed by atoms with van der Waals surface area (Å²) in [5.74, 6) is 0.0544. The summed E-state index contributed by atoms with van der Waals surface area (Å²) in [6, 6.07) is 30.8. The number of rotatable bonds is 3. The minimum absolute atomic E-state index is 0.0544. The smallest absolute Gasteiger partial charge is 0.258 e. The van der Waals surface area contributed by atoms with Gasteiger partial charge in [-0.15, -0.1) is 0 Å². The van der Waals surface area contributed by atoms with Crippen molar-refractivity contribution in [1.29, 1.82) is 0 Å². The van der Waals surface area contributed by atoms with E-state index in [0.717, 1.165) is 39.1 Å². The minimum Gasteiger partial charge on any atom is -0.311 e. The topological polar surface area (TPSA) is 23.6 Å². The fourth-order valence-corrected chi connectivity index (χ4v) is 3.90. The molecule has 130 valence electrons. The zero-order chi connectivity index (χ0) is 18.4. The standard InChI is InChI=1S/C24H18N2O/c1-25-22-16-15-21(19-13-8-14-20(23(19)22)24(25)27)26(17-9-4-2-5-10-17)18-11-6-3-7-12-18/h2-16H,1H3. The molecule has 0 saturated heterocycles. The van der Waals surface area contributed by atoms with Crippen LogP contribution in [0.2, 0.25) is 0 Å². The lowest BCUT2D eigenvalue weighted by Crippen LogP contribution is -2.20. The van der Waals surface area contributed by atoms with Crippen LogP contribution < -0.4 is 9.80 Å². The molecule has 0 aliphatic carbocycles. The van der Waals surface area contributed by atoms with Crippen LogP contribution in [0.25, 0.3) is 10.8 Å². The van der Waals surface area contributed by atoms with Crippen molar-refractivity contribution < 1.29 is 4.79 Å². The van der Waals surface area contributed by atoms with Gasteiger partial charge in [0, 0.05) is 34.8 Å². The van der Waals surface area contributed by atoms with Gasteiger partial charge in [0.05, 0.1) is 11.4 Å². The number of benzene rings is 4. The largest absolute Gasteiger partial charge is 0.311 e. The maximum Gasteiger partial charge on any atom is 0.258 e. The molecule has 0 N–H and O–H groups in total. The Morgan fingerprint density at radius 1 is 0.704 bits per heavy atom. The van der Waals surface area contributed by atoms with E-state index in [9.17, 15) is 4.79 Å². The van der Waals surface area contributed by atoms with E-state index in [4.69, 9.17) is 0 Å². The third kappa shape index (κ3) is 2.32. The highest BCUT2D eigenvalue weighted by Crippen LogP contribution is 2.44. The van der Waals surface area contributed by atoms with Gasteiger partial charge in [0.15, 0.2) is 0 Å². The van der Waals surface area contributed by atoms with Crippen LogP contribution in [0, 0.1) is 0 Å². The molecule has 1 heterocycles. The quantitative estimate of drug-likeness (QED) is 0.459. The van der Waals surface area contributed by atoms with E-state index in [1.165, 1.54) is 0 Å². The third-order valence-corrected chi connectivity index (χ3v) is 5.16. The summed E-state index contributed by atoms with van der Waals surface area (Å²) in [6.07, 6.45) is 0. The number of hydrogen-bond acceptors (Lipinski definition) is 2. The van der Waals surface area contributed by atoms with Crippen LogP contribution in [0.1, 0.15) is 10.4 Å². The average molecular weight is 350 g/mol. The zero-order valence-corrected chi connectivity index (χ0v) is 15.0. The molecule has 0 spiro atoms. The number of carbonyl (C=O) groups excluding carboxylic acids is 1. The average Bonchev–Trinajstić information content (AvgIpc) is 2.98. The number of amides is 1. The van der Waals surface area contributed by atoms with Crippen LogP contribution in [0.4, 0.5) is 22.7 Å². The second kappa shape index (κ2) is 5.99. The van der Waals surface area contributed by atoms with Gasteiger partial charge >= 0.3 is 0 Å². The molecule has 1 amide bonds. The van der Waals surface area contributed by atoms with Crippen molar-refractivity contribution in [3.05, 3.63) is 96.6 Å². The molecule has 0 radical (unpaired) electrons. The van der Waals surface area contributed by atoms with E-state index in [0.29, 0.717) is 0 Å². The Balaban J connectivity index is 1.82. The summed E-state index contributed by atoms with van der Waals surface area (Å²) in [5.41, 5.74) is 4.98. The van der Waals surface area contributed by atoms with E-state index in [-0.39, 0.29) is 5.91 Å². The zero-order valence-electron chi connectivity index (χ0n) is 15.0. The molecule has 4 aromatic carbocycles. The molecule has 3 heteroatoms. The van der Waals surface area contributed by atoms with Gasteiger partial charge in [-0.3, -0.25) is 4.79 Å². The van der Waals surface area contributed by atoms with Crippen molar-refractivity contribution in [1.82, 2.24) is 0 Å². The number of nitrogens with zero attached hydrogens (tertiary/aromatic N) is 2. The first-order valence-corrected chi connectivity index (χ1v) is 9.00. The van der Waals surface area contributed by atoms with Crippen LogP contribution >= 0.6 is 0 Å². The molecule has 1 aliphatic heterocycles. The molecule has 0 fully saturated rings. The van der Waals surface area contributed by atoms with Gasteiger partial charge in [0.1, 0.15) is 0 Å². The summed E-state index contributed by atoms with van der Waals surface area (Å²) >= 11 is 0. The van der Waals surface area contributed by atoms with E-state index >= 15 is 0 Å². The SMILES string of the molecule is CN1C(=O)c2cccc3c(N(c4ccccc4)c4ccccc4)ccc1c23. The van der Waals surface area contributed by atoms with Gasteiger partial charge in [-0.1, -0.05) is 48.5 Å². The Hall–Kier alpha value is -3.59. The lowest BCUT2D eigenvalue weighted by atomic mass is 10.0. The summed E-state index contributed by atoms with van der Waals surface area (Å²) < 4.78 is 0. The van der Waals surface area contributed by atoms with Crippen molar-refractivity contribution in [2.45, 2.75) is 0 Å². The van der Waals surface area contributed by atoms with Crippen molar-refractivity contribution >= 4 is 39.4 Å². The van der Waals surface area contributed by atoms with Crippen molar-refractivity contribution in [3.8, 4) is 0 Å². The lowest BCUT2D eigenvalue weighted by molar-refractivity contribution is 0.0999. The van der Waals surface area contributed by atoms with Gasteiger partial charge in [0.2, 0.25) is 0 Å². The Kier molecular flexibility index (Phi) is 3.47. The highest BCUT2D eigenvalue weighted by atomic mass is 16.2. The fraction of sp³-hybridized carbons (Fsp3) is 0.0417. The van der Waals surface area contributed by atoms with E-state index < -0.39 is 0 Å². The Bertz CT molecular complexity index is 1110. The molecule has 0 saturated carbocycles. The summed E-state index contributed by atoms with van der Waals surface area (Å²) in [7, 11) is 1.84. The fourth-order valence-electron chi connectivity index (χ4n) is 3.90. The van der Waals surface area contributed by atoms with Crippen LogP contribution in [-0.4, -0.2) is 13.0 Å². The Morgan fingerprint density at radius 3 is 1.96 bits per heavy atom. The van der Waals surface area contributed by atoms with Crippen LogP contribution in [0.3, 0.4) is 0 Å². The molecule has 0 aromatic heterocycles. The highest BCUT2D eigenvalue weighted by molar-refractivity contribution is 6.26. The Labute approximate surface area is 158 Å². The van der Waals surface area contributed by atoms with E-state index in [2.05, 4.69) is 41.3 Å². The molecular weight excluding hydrogens is 332 g/mol. The Morgan fingerprint density at radius 2 is 1.33 bits per heavy atom. The van der Waals surface area contributed by atoms with Crippen LogP contribution in [-0.2, 0) is 0 Å². The number of anilines is 4. The van der Waals surface area contributed by atoms with Gasteiger partial charge in [-0.25, -0.2) is 0 Å². The molecule has 27 heavy (non-hydrogen) atoms. The predicted octanol–water partition coefficient (Wildman–Crippen LogP) is 5.90. The van der Waals surface area contributed by atoms with Gasteiger partial charge < -0.3 is 9.80 Å². The molecule has 1 aliphatic rings. The van der Waals surface area contributed by atoms with Crippen LogP contribution in [0.15, 0.2) is 91.0 Å². The minimum atomic E-state index is 0.0544. The first-order chi connectivity index (χ1) is 13.3. The molecular formula is C24H18N2O. The van der Waals surface area contributed by atoms with Crippen LogP contribution in [0.5, 0.6) is 0 Å². The number of para-hydroxylation sites is 2. The van der Waals surface area contributed by atoms with Gasteiger partial charge in [0.25, 0.3) is 5.91 Å². The summed E-state index contributed by atoms with van der Waals surface area (Å²) in [5, 5.41) is 2.11. The summed E-state index contributed by atoms with van der Waals surface area (Å²) in [4.78, 5) is 16.6. The molecule has 0 bridgehead atoms. The van der Waals surface area contributed by atoms with Gasteiger partial charge in [-0.2, -0.15) is 0 Å².